The molecule has 1 atom stereocenters. The van der Waals surface area contributed by atoms with Gasteiger partial charge in [-0.25, -0.2) is 0 Å². The lowest BCUT2D eigenvalue weighted by molar-refractivity contribution is 0.0628. The molecule has 0 saturated heterocycles. The van der Waals surface area contributed by atoms with E-state index in [0.29, 0.717) is 6.10 Å². The summed E-state index contributed by atoms with van der Waals surface area (Å²) in [5.41, 5.74) is 0. The lowest BCUT2D eigenvalue weighted by atomic mass is 10.1. The summed E-state index contributed by atoms with van der Waals surface area (Å²) in [5.74, 6) is 0. The minimum atomic E-state index is 0.385. The van der Waals surface area contributed by atoms with Gasteiger partial charge in [0.1, 0.15) is 0 Å². The molecule has 96 valence electrons. The zero-order chi connectivity index (χ0) is 11.6. The first-order valence-electron chi connectivity index (χ1n) is 7.18. The molecule has 0 aromatic heterocycles. The summed E-state index contributed by atoms with van der Waals surface area (Å²) in [6.07, 6.45) is 11.2. The number of nitrogens with one attached hydrogen (secondary N) is 1. The molecule has 0 aromatic rings. The normalized spacial score (nSPS) is 17.6. The molecular formula is C14H29NO. The van der Waals surface area contributed by atoms with Crippen molar-refractivity contribution in [1.82, 2.24) is 5.32 Å². The van der Waals surface area contributed by atoms with E-state index in [1.54, 1.807) is 0 Å². The zero-order valence-electron chi connectivity index (χ0n) is 11.1. The van der Waals surface area contributed by atoms with Crippen LogP contribution in [0.4, 0.5) is 0 Å². The third-order valence-electron chi connectivity index (χ3n) is 3.17. The second-order valence-electron chi connectivity index (χ2n) is 5.13. The van der Waals surface area contributed by atoms with Gasteiger partial charge in [0, 0.05) is 19.2 Å². The van der Waals surface area contributed by atoms with Crippen LogP contribution in [-0.2, 0) is 4.74 Å². The monoisotopic (exact) mass is 227 g/mol. The van der Waals surface area contributed by atoms with Crippen LogP contribution in [0, 0.1) is 0 Å². The summed E-state index contributed by atoms with van der Waals surface area (Å²) < 4.78 is 5.76. The molecule has 2 nitrogen and oxygen atoms in total. The van der Waals surface area contributed by atoms with Crippen LogP contribution in [0.15, 0.2) is 0 Å². The van der Waals surface area contributed by atoms with Crippen LogP contribution in [-0.4, -0.2) is 25.3 Å². The van der Waals surface area contributed by atoms with Crippen molar-refractivity contribution in [2.75, 3.05) is 13.2 Å². The number of hydrogen-bond donors (Lipinski definition) is 1. The van der Waals surface area contributed by atoms with Crippen molar-refractivity contribution in [3.05, 3.63) is 0 Å². The molecule has 2 heteroatoms. The van der Waals surface area contributed by atoms with Gasteiger partial charge in [-0.3, -0.25) is 0 Å². The average Bonchev–Trinajstić information content (AvgIpc) is 3.09. The number of rotatable bonds is 11. The Morgan fingerprint density at radius 1 is 1.12 bits per heavy atom. The third kappa shape index (κ3) is 8.12. The SMILES string of the molecule is CCCCCCCCOC(C)CNC1CC1. The van der Waals surface area contributed by atoms with Crippen molar-refractivity contribution in [2.24, 2.45) is 0 Å². The Bertz CT molecular complexity index is 157. The summed E-state index contributed by atoms with van der Waals surface area (Å²) in [4.78, 5) is 0. The highest BCUT2D eigenvalue weighted by Gasteiger charge is 2.20. The molecule has 1 aliphatic carbocycles. The molecule has 1 unspecified atom stereocenters. The van der Waals surface area contributed by atoms with Crippen molar-refractivity contribution >= 4 is 0 Å². The lowest BCUT2D eigenvalue weighted by Crippen LogP contribution is -2.28. The highest BCUT2D eigenvalue weighted by molar-refractivity contribution is 4.81. The summed E-state index contributed by atoms with van der Waals surface area (Å²) in [7, 11) is 0. The van der Waals surface area contributed by atoms with Gasteiger partial charge >= 0.3 is 0 Å². The van der Waals surface area contributed by atoms with E-state index in [4.69, 9.17) is 4.74 Å². The molecule has 1 fully saturated rings. The second kappa shape index (κ2) is 9.00. The molecule has 0 spiro atoms. The largest absolute Gasteiger partial charge is 0.377 e. The first kappa shape index (κ1) is 14.0. The standard InChI is InChI=1S/C14H29NO/c1-3-4-5-6-7-8-11-16-13(2)12-15-14-9-10-14/h13-15H,3-12H2,1-2H3. The minimum Gasteiger partial charge on any atom is -0.377 e. The molecule has 0 aromatic carbocycles. The van der Waals surface area contributed by atoms with Crippen LogP contribution >= 0.6 is 0 Å². The summed E-state index contributed by atoms with van der Waals surface area (Å²) in [5, 5.41) is 3.50. The zero-order valence-corrected chi connectivity index (χ0v) is 11.1. The topological polar surface area (TPSA) is 21.3 Å². The lowest BCUT2D eigenvalue weighted by Gasteiger charge is -2.13. The number of hydrogen-bond acceptors (Lipinski definition) is 2. The fourth-order valence-electron chi connectivity index (χ4n) is 1.85. The fraction of sp³-hybridized carbons (Fsp3) is 1.00. The fourth-order valence-corrected chi connectivity index (χ4v) is 1.85. The van der Waals surface area contributed by atoms with Gasteiger partial charge in [-0.1, -0.05) is 39.0 Å². The first-order valence-corrected chi connectivity index (χ1v) is 7.18. The molecule has 0 radical (unpaired) electrons. The summed E-state index contributed by atoms with van der Waals surface area (Å²) in [6.45, 7) is 6.41. The molecule has 16 heavy (non-hydrogen) atoms. The predicted octanol–water partition coefficient (Wildman–Crippen LogP) is 3.50. The molecule has 0 aliphatic heterocycles. The van der Waals surface area contributed by atoms with Crippen LogP contribution in [0.25, 0.3) is 0 Å². The van der Waals surface area contributed by atoms with Gasteiger partial charge in [0.05, 0.1) is 6.10 Å². The quantitative estimate of drug-likeness (QED) is 0.545. The van der Waals surface area contributed by atoms with Crippen LogP contribution in [0.5, 0.6) is 0 Å². The van der Waals surface area contributed by atoms with Gasteiger partial charge < -0.3 is 10.1 Å². The third-order valence-corrected chi connectivity index (χ3v) is 3.17. The Kier molecular flexibility index (Phi) is 7.87. The van der Waals surface area contributed by atoms with Crippen LogP contribution in [0.1, 0.15) is 65.2 Å². The molecule has 1 rings (SSSR count). The van der Waals surface area contributed by atoms with Crippen LogP contribution < -0.4 is 5.32 Å². The average molecular weight is 227 g/mol. The van der Waals surface area contributed by atoms with Gasteiger partial charge in [0.25, 0.3) is 0 Å². The van der Waals surface area contributed by atoms with E-state index in [0.717, 1.165) is 19.2 Å². The molecule has 1 N–H and O–H groups in total. The molecule has 0 amide bonds. The molecule has 1 saturated carbocycles. The Hall–Kier alpha value is -0.0800. The highest BCUT2D eigenvalue weighted by Crippen LogP contribution is 2.18. The van der Waals surface area contributed by atoms with E-state index in [1.165, 1.54) is 51.4 Å². The molecule has 0 bridgehead atoms. The van der Waals surface area contributed by atoms with Crippen LogP contribution in [0.3, 0.4) is 0 Å². The van der Waals surface area contributed by atoms with E-state index in [1.807, 2.05) is 0 Å². The predicted molar refractivity (Wildman–Crippen MR) is 69.8 cm³/mol. The van der Waals surface area contributed by atoms with Crippen molar-refractivity contribution in [3.63, 3.8) is 0 Å². The van der Waals surface area contributed by atoms with E-state index < -0.39 is 0 Å². The Morgan fingerprint density at radius 2 is 1.81 bits per heavy atom. The molecular weight excluding hydrogens is 198 g/mol. The van der Waals surface area contributed by atoms with Crippen molar-refractivity contribution in [3.8, 4) is 0 Å². The van der Waals surface area contributed by atoms with Gasteiger partial charge in [0.2, 0.25) is 0 Å². The maximum Gasteiger partial charge on any atom is 0.0671 e. The van der Waals surface area contributed by atoms with Gasteiger partial charge in [0.15, 0.2) is 0 Å². The van der Waals surface area contributed by atoms with Crippen molar-refractivity contribution in [1.29, 1.82) is 0 Å². The maximum absolute atomic E-state index is 5.76. The van der Waals surface area contributed by atoms with Gasteiger partial charge in [-0.15, -0.1) is 0 Å². The second-order valence-corrected chi connectivity index (χ2v) is 5.13. The smallest absolute Gasteiger partial charge is 0.0671 e. The molecule has 0 heterocycles. The first-order chi connectivity index (χ1) is 7.83. The van der Waals surface area contributed by atoms with Gasteiger partial charge in [-0.05, 0) is 26.2 Å². The summed E-state index contributed by atoms with van der Waals surface area (Å²) in [6, 6.07) is 0.806. The maximum atomic E-state index is 5.76. The minimum absolute atomic E-state index is 0.385. The Balaban J connectivity index is 1.75. The Morgan fingerprint density at radius 3 is 2.50 bits per heavy atom. The molecule has 1 aliphatic rings. The van der Waals surface area contributed by atoms with Crippen molar-refractivity contribution in [2.45, 2.75) is 77.4 Å². The van der Waals surface area contributed by atoms with E-state index >= 15 is 0 Å². The summed E-state index contributed by atoms with van der Waals surface area (Å²) >= 11 is 0. The van der Waals surface area contributed by atoms with E-state index in [2.05, 4.69) is 19.2 Å². The highest BCUT2D eigenvalue weighted by atomic mass is 16.5. The number of ether oxygens (including phenoxy) is 1. The van der Waals surface area contributed by atoms with Gasteiger partial charge in [-0.2, -0.15) is 0 Å². The Labute approximate surface area is 101 Å². The van der Waals surface area contributed by atoms with E-state index in [-0.39, 0.29) is 0 Å². The van der Waals surface area contributed by atoms with Crippen LogP contribution in [0.2, 0.25) is 0 Å². The van der Waals surface area contributed by atoms with E-state index in [9.17, 15) is 0 Å². The van der Waals surface area contributed by atoms with Crippen molar-refractivity contribution < 1.29 is 4.74 Å². The number of unbranched alkanes of at least 4 members (excludes halogenated alkanes) is 5.